The van der Waals surface area contributed by atoms with Gasteiger partial charge in [-0.15, -0.1) is 0 Å². The summed E-state index contributed by atoms with van der Waals surface area (Å²) in [6, 6.07) is 26.6. The van der Waals surface area contributed by atoms with Crippen LogP contribution in [0.5, 0.6) is 5.75 Å². The standard InChI is InChI=1S/C25H21NO2/c1-26-25(27)16-23(17-11-13-19(28-2)14-12-17)24-15-18-7-3-4-8-20(18)21-9-5-6-10-22(21)24/h3-16H,1-2H3,(H,26,27)/b23-16+. The number of fused-ring (bicyclic) bond motifs is 3. The van der Waals surface area contributed by atoms with E-state index in [1.807, 2.05) is 42.5 Å². The maximum atomic E-state index is 12.3. The largest absolute Gasteiger partial charge is 0.497 e. The lowest BCUT2D eigenvalue weighted by Crippen LogP contribution is -2.15. The van der Waals surface area contributed by atoms with Crippen molar-refractivity contribution < 1.29 is 9.53 Å². The molecule has 4 rings (SSSR count). The second kappa shape index (κ2) is 7.57. The molecular formula is C25H21NO2. The molecule has 0 saturated heterocycles. The highest BCUT2D eigenvalue weighted by molar-refractivity contribution is 6.14. The fourth-order valence-electron chi connectivity index (χ4n) is 3.57. The van der Waals surface area contributed by atoms with Gasteiger partial charge in [0.2, 0.25) is 5.91 Å². The molecule has 0 spiro atoms. The molecule has 138 valence electrons. The highest BCUT2D eigenvalue weighted by Crippen LogP contribution is 2.35. The zero-order valence-corrected chi connectivity index (χ0v) is 15.9. The molecule has 0 aromatic heterocycles. The Labute approximate surface area is 164 Å². The van der Waals surface area contributed by atoms with Crippen LogP contribution in [0.25, 0.3) is 27.1 Å². The predicted molar refractivity (Wildman–Crippen MR) is 116 cm³/mol. The molecule has 0 heterocycles. The number of hydrogen-bond donors (Lipinski definition) is 1. The van der Waals surface area contributed by atoms with Crippen molar-refractivity contribution >= 4 is 33.0 Å². The number of carbonyl (C=O) groups excluding carboxylic acids is 1. The Hall–Kier alpha value is -3.59. The van der Waals surface area contributed by atoms with Crippen LogP contribution in [0.3, 0.4) is 0 Å². The van der Waals surface area contributed by atoms with Crippen molar-refractivity contribution in [3.05, 3.63) is 96.1 Å². The fraction of sp³-hybridized carbons (Fsp3) is 0.0800. The van der Waals surface area contributed by atoms with Gasteiger partial charge >= 0.3 is 0 Å². The van der Waals surface area contributed by atoms with Gasteiger partial charge in [-0.1, -0.05) is 60.7 Å². The van der Waals surface area contributed by atoms with Gasteiger partial charge < -0.3 is 10.1 Å². The van der Waals surface area contributed by atoms with Gasteiger partial charge in [0.15, 0.2) is 0 Å². The summed E-state index contributed by atoms with van der Waals surface area (Å²) in [5, 5.41) is 7.34. The molecule has 1 amide bonds. The maximum Gasteiger partial charge on any atom is 0.244 e. The van der Waals surface area contributed by atoms with Crippen LogP contribution < -0.4 is 10.1 Å². The first-order valence-corrected chi connectivity index (χ1v) is 9.20. The first-order valence-electron chi connectivity index (χ1n) is 9.20. The number of hydrogen-bond acceptors (Lipinski definition) is 2. The molecule has 0 aliphatic heterocycles. The summed E-state index contributed by atoms with van der Waals surface area (Å²) in [5.41, 5.74) is 2.87. The second-order valence-corrected chi connectivity index (χ2v) is 6.59. The Morgan fingerprint density at radius 3 is 2.18 bits per heavy atom. The van der Waals surface area contributed by atoms with E-state index >= 15 is 0 Å². The van der Waals surface area contributed by atoms with Crippen LogP contribution in [-0.4, -0.2) is 20.1 Å². The Morgan fingerprint density at radius 1 is 0.857 bits per heavy atom. The van der Waals surface area contributed by atoms with Crippen molar-refractivity contribution in [3.63, 3.8) is 0 Å². The Bertz CT molecular complexity index is 1190. The average molecular weight is 367 g/mol. The lowest BCUT2D eigenvalue weighted by molar-refractivity contribution is -0.116. The van der Waals surface area contributed by atoms with E-state index in [1.165, 1.54) is 10.8 Å². The van der Waals surface area contributed by atoms with Crippen LogP contribution >= 0.6 is 0 Å². The number of nitrogens with one attached hydrogen (secondary N) is 1. The summed E-state index contributed by atoms with van der Waals surface area (Å²) < 4.78 is 5.29. The first kappa shape index (κ1) is 17.8. The van der Waals surface area contributed by atoms with Crippen molar-refractivity contribution in [1.82, 2.24) is 5.32 Å². The van der Waals surface area contributed by atoms with Gasteiger partial charge in [0, 0.05) is 13.1 Å². The minimum absolute atomic E-state index is 0.136. The molecule has 28 heavy (non-hydrogen) atoms. The molecule has 3 heteroatoms. The van der Waals surface area contributed by atoms with E-state index < -0.39 is 0 Å². The molecule has 0 aliphatic carbocycles. The molecule has 0 aliphatic rings. The highest BCUT2D eigenvalue weighted by Gasteiger charge is 2.13. The number of benzene rings is 4. The smallest absolute Gasteiger partial charge is 0.244 e. The zero-order chi connectivity index (χ0) is 19.5. The van der Waals surface area contributed by atoms with E-state index in [-0.39, 0.29) is 5.91 Å². The monoisotopic (exact) mass is 367 g/mol. The molecule has 0 bridgehead atoms. The second-order valence-electron chi connectivity index (χ2n) is 6.59. The van der Waals surface area contributed by atoms with Crippen LogP contribution in [-0.2, 0) is 4.79 Å². The quantitative estimate of drug-likeness (QED) is 0.399. The molecule has 4 aromatic carbocycles. The Balaban J connectivity index is 2.03. The van der Waals surface area contributed by atoms with Crippen molar-refractivity contribution in [2.24, 2.45) is 0 Å². The SMILES string of the molecule is CNC(=O)/C=C(\c1ccc(OC)cc1)c1cc2ccccc2c2ccccc12. The number of methoxy groups -OCH3 is 1. The van der Waals surface area contributed by atoms with Crippen molar-refractivity contribution in [1.29, 1.82) is 0 Å². The molecule has 4 aromatic rings. The van der Waals surface area contributed by atoms with Gasteiger partial charge in [-0.2, -0.15) is 0 Å². The number of ether oxygens (including phenoxy) is 1. The van der Waals surface area contributed by atoms with Gasteiger partial charge in [0.05, 0.1) is 7.11 Å². The summed E-state index contributed by atoms with van der Waals surface area (Å²) in [6.45, 7) is 0. The van der Waals surface area contributed by atoms with Crippen LogP contribution in [0, 0.1) is 0 Å². The maximum absolute atomic E-state index is 12.3. The van der Waals surface area contributed by atoms with Gasteiger partial charge in [0.1, 0.15) is 5.75 Å². The molecule has 0 unspecified atom stereocenters. The lowest BCUT2D eigenvalue weighted by Gasteiger charge is -2.15. The van der Waals surface area contributed by atoms with Gasteiger partial charge in [0.25, 0.3) is 0 Å². The number of carbonyl (C=O) groups is 1. The van der Waals surface area contributed by atoms with Crippen LogP contribution in [0.1, 0.15) is 11.1 Å². The van der Waals surface area contributed by atoms with E-state index in [4.69, 9.17) is 4.74 Å². The minimum Gasteiger partial charge on any atom is -0.497 e. The van der Waals surface area contributed by atoms with Crippen LogP contribution in [0.4, 0.5) is 0 Å². The summed E-state index contributed by atoms with van der Waals surface area (Å²) in [6.07, 6.45) is 1.67. The van der Waals surface area contributed by atoms with E-state index in [1.54, 1.807) is 20.2 Å². The lowest BCUT2D eigenvalue weighted by atomic mass is 9.89. The summed E-state index contributed by atoms with van der Waals surface area (Å²) in [7, 11) is 3.29. The van der Waals surface area contributed by atoms with E-state index in [0.29, 0.717) is 0 Å². The Kier molecular flexibility index (Phi) is 4.81. The van der Waals surface area contributed by atoms with Crippen LogP contribution in [0.15, 0.2) is 84.9 Å². The van der Waals surface area contributed by atoms with Gasteiger partial charge in [-0.05, 0) is 56.4 Å². The Morgan fingerprint density at radius 2 is 1.50 bits per heavy atom. The molecule has 3 nitrogen and oxygen atoms in total. The molecular weight excluding hydrogens is 346 g/mol. The number of amides is 1. The topological polar surface area (TPSA) is 38.3 Å². The normalized spacial score (nSPS) is 11.6. The number of likely N-dealkylation sites (N-methyl/N-ethyl adjacent to an activating group) is 1. The molecule has 1 N–H and O–H groups in total. The average Bonchev–Trinajstić information content (AvgIpc) is 2.77. The summed E-state index contributed by atoms with van der Waals surface area (Å²) in [5.74, 6) is 0.648. The molecule has 0 fully saturated rings. The predicted octanol–water partition coefficient (Wildman–Crippen LogP) is 5.18. The van der Waals surface area contributed by atoms with Gasteiger partial charge in [-0.3, -0.25) is 4.79 Å². The zero-order valence-electron chi connectivity index (χ0n) is 15.9. The third-order valence-corrected chi connectivity index (χ3v) is 4.98. The fourth-order valence-corrected chi connectivity index (χ4v) is 3.57. The molecule has 0 radical (unpaired) electrons. The number of rotatable bonds is 4. The first-order chi connectivity index (χ1) is 13.7. The van der Waals surface area contributed by atoms with Crippen LogP contribution in [0.2, 0.25) is 0 Å². The third kappa shape index (κ3) is 3.23. The van der Waals surface area contributed by atoms with Crippen molar-refractivity contribution in [2.75, 3.05) is 14.2 Å². The van der Waals surface area contributed by atoms with E-state index in [0.717, 1.165) is 33.2 Å². The van der Waals surface area contributed by atoms with Crippen molar-refractivity contribution in [3.8, 4) is 5.75 Å². The van der Waals surface area contributed by atoms with Crippen molar-refractivity contribution in [2.45, 2.75) is 0 Å². The summed E-state index contributed by atoms with van der Waals surface area (Å²) >= 11 is 0. The molecule has 0 saturated carbocycles. The summed E-state index contributed by atoms with van der Waals surface area (Å²) in [4.78, 5) is 12.3. The third-order valence-electron chi connectivity index (χ3n) is 4.98. The van der Waals surface area contributed by atoms with E-state index in [2.05, 4.69) is 41.7 Å². The van der Waals surface area contributed by atoms with Gasteiger partial charge in [-0.25, -0.2) is 0 Å². The highest BCUT2D eigenvalue weighted by atomic mass is 16.5. The molecule has 0 atom stereocenters. The van der Waals surface area contributed by atoms with E-state index in [9.17, 15) is 4.79 Å². The minimum atomic E-state index is -0.136.